The second-order valence-corrected chi connectivity index (χ2v) is 4.84. The molecule has 0 aliphatic carbocycles. The molecule has 0 saturated heterocycles. The third kappa shape index (κ3) is 2.39. The number of halogens is 3. The second-order valence-electron chi connectivity index (χ2n) is 4.84. The largest absolute Gasteiger partial charge is 0.493 e. The van der Waals surface area contributed by atoms with Gasteiger partial charge in [-0.25, -0.2) is 13.2 Å². The van der Waals surface area contributed by atoms with E-state index in [0.29, 0.717) is 29.9 Å². The molecule has 5 heteroatoms. The van der Waals surface area contributed by atoms with Crippen LogP contribution in [0.25, 0.3) is 0 Å². The van der Waals surface area contributed by atoms with Gasteiger partial charge in [0, 0.05) is 17.7 Å². The second kappa shape index (κ2) is 5.24. The van der Waals surface area contributed by atoms with Gasteiger partial charge in [0.25, 0.3) is 0 Å². The SMILES string of the molecule is O=C(c1c(F)cc(F)cc1F)C1CCOc2ccccc21. The lowest BCUT2D eigenvalue weighted by atomic mass is 9.86. The van der Waals surface area contributed by atoms with E-state index in [1.54, 1.807) is 24.3 Å². The molecular weight excluding hydrogens is 281 g/mol. The molecule has 0 radical (unpaired) electrons. The van der Waals surface area contributed by atoms with E-state index in [4.69, 9.17) is 4.74 Å². The first kappa shape index (κ1) is 13.7. The highest BCUT2D eigenvalue weighted by Crippen LogP contribution is 2.36. The Morgan fingerprint density at radius 2 is 1.76 bits per heavy atom. The fourth-order valence-electron chi connectivity index (χ4n) is 2.57. The number of ether oxygens (including phenoxy) is 1. The summed E-state index contributed by atoms with van der Waals surface area (Å²) < 4.78 is 45.9. The number of ketones is 1. The maximum absolute atomic E-state index is 13.8. The summed E-state index contributed by atoms with van der Waals surface area (Å²) in [5.41, 5.74) is -0.102. The van der Waals surface area contributed by atoms with Crippen LogP contribution in [0.5, 0.6) is 5.75 Å². The molecule has 1 heterocycles. The first-order chi connectivity index (χ1) is 10.1. The van der Waals surface area contributed by atoms with Gasteiger partial charge in [-0.05, 0) is 12.5 Å². The summed E-state index contributed by atoms with van der Waals surface area (Å²) in [5.74, 6) is -4.26. The van der Waals surface area contributed by atoms with Crippen molar-refractivity contribution in [1.29, 1.82) is 0 Å². The van der Waals surface area contributed by atoms with Gasteiger partial charge < -0.3 is 4.74 Å². The number of carbonyl (C=O) groups is 1. The van der Waals surface area contributed by atoms with E-state index >= 15 is 0 Å². The third-order valence-electron chi connectivity index (χ3n) is 3.53. The number of rotatable bonds is 2. The zero-order valence-electron chi connectivity index (χ0n) is 10.9. The maximum atomic E-state index is 13.8. The molecule has 0 fully saturated rings. The zero-order chi connectivity index (χ0) is 15.0. The highest BCUT2D eigenvalue weighted by molar-refractivity contribution is 6.01. The first-order valence-corrected chi connectivity index (χ1v) is 6.48. The predicted octanol–water partition coefficient (Wildman–Crippen LogP) is 3.85. The molecule has 2 nitrogen and oxygen atoms in total. The molecule has 1 aliphatic heterocycles. The van der Waals surface area contributed by atoms with Crippen molar-refractivity contribution in [3.05, 3.63) is 65.0 Å². The molecule has 2 aromatic carbocycles. The maximum Gasteiger partial charge on any atom is 0.176 e. The number of carbonyl (C=O) groups excluding carboxylic acids is 1. The molecule has 1 atom stereocenters. The van der Waals surface area contributed by atoms with Crippen molar-refractivity contribution in [2.45, 2.75) is 12.3 Å². The summed E-state index contributed by atoms with van der Waals surface area (Å²) >= 11 is 0. The molecule has 0 spiro atoms. The van der Waals surface area contributed by atoms with Crippen LogP contribution in [0.4, 0.5) is 13.2 Å². The number of hydrogen-bond acceptors (Lipinski definition) is 2. The molecule has 108 valence electrons. The number of hydrogen-bond donors (Lipinski definition) is 0. The van der Waals surface area contributed by atoms with E-state index in [1.807, 2.05) is 0 Å². The average molecular weight is 292 g/mol. The quantitative estimate of drug-likeness (QED) is 0.786. The zero-order valence-corrected chi connectivity index (χ0v) is 10.9. The number of benzene rings is 2. The summed E-state index contributed by atoms with van der Waals surface area (Å²) in [6.07, 6.45) is 0.325. The Morgan fingerprint density at radius 3 is 2.48 bits per heavy atom. The van der Waals surface area contributed by atoms with Crippen molar-refractivity contribution in [2.75, 3.05) is 6.61 Å². The number of fused-ring (bicyclic) bond motifs is 1. The topological polar surface area (TPSA) is 26.3 Å². The smallest absolute Gasteiger partial charge is 0.176 e. The Labute approximate surface area is 119 Å². The Hall–Kier alpha value is -2.30. The van der Waals surface area contributed by atoms with Crippen LogP contribution in [-0.2, 0) is 0 Å². The molecule has 21 heavy (non-hydrogen) atoms. The van der Waals surface area contributed by atoms with E-state index in [9.17, 15) is 18.0 Å². The van der Waals surface area contributed by atoms with E-state index in [-0.39, 0.29) is 6.61 Å². The molecule has 3 rings (SSSR count). The van der Waals surface area contributed by atoms with Crippen molar-refractivity contribution in [3.8, 4) is 5.75 Å². The van der Waals surface area contributed by atoms with E-state index in [2.05, 4.69) is 0 Å². The molecule has 2 aromatic rings. The fraction of sp³-hybridized carbons (Fsp3) is 0.188. The molecule has 1 aliphatic rings. The summed E-state index contributed by atoms with van der Waals surface area (Å²) in [6.45, 7) is 0.290. The lowest BCUT2D eigenvalue weighted by Crippen LogP contribution is -2.23. The van der Waals surface area contributed by atoms with E-state index < -0.39 is 34.7 Å². The van der Waals surface area contributed by atoms with Gasteiger partial charge in [0.1, 0.15) is 23.2 Å². The van der Waals surface area contributed by atoms with Crippen molar-refractivity contribution < 1.29 is 22.7 Å². The molecule has 0 bridgehead atoms. The van der Waals surface area contributed by atoms with Gasteiger partial charge in [0.05, 0.1) is 18.1 Å². The highest BCUT2D eigenvalue weighted by Gasteiger charge is 2.31. The lowest BCUT2D eigenvalue weighted by Gasteiger charge is -2.25. The third-order valence-corrected chi connectivity index (χ3v) is 3.53. The molecular formula is C16H11F3O2. The van der Waals surface area contributed by atoms with Crippen molar-refractivity contribution >= 4 is 5.78 Å². The molecule has 0 aromatic heterocycles. The van der Waals surface area contributed by atoms with Crippen LogP contribution in [0.15, 0.2) is 36.4 Å². The average Bonchev–Trinajstić information content (AvgIpc) is 2.45. The standard InChI is InChI=1S/C16H11F3O2/c17-9-7-12(18)15(13(19)8-9)16(20)11-5-6-21-14-4-2-1-3-10(11)14/h1-4,7-8,11H,5-6H2. The molecule has 0 N–H and O–H groups in total. The minimum atomic E-state index is -1.18. The van der Waals surface area contributed by atoms with Gasteiger partial charge in [0.15, 0.2) is 5.78 Å². The van der Waals surface area contributed by atoms with Gasteiger partial charge >= 0.3 is 0 Å². The van der Waals surface area contributed by atoms with Gasteiger partial charge in [-0.1, -0.05) is 18.2 Å². The van der Waals surface area contributed by atoms with Gasteiger partial charge in [-0.15, -0.1) is 0 Å². The normalized spacial score (nSPS) is 17.0. The van der Waals surface area contributed by atoms with Gasteiger partial charge in [-0.3, -0.25) is 4.79 Å². The fourth-order valence-corrected chi connectivity index (χ4v) is 2.57. The Balaban J connectivity index is 2.05. The van der Waals surface area contributed by atoms with Crippen LogP contribution >= 0.6 is 0 Å². The number of para-hydroxylation sites is 1. The summed E-state index contributed by atoms with van der Waals surface area (Å²) in [6, 6.07) is 7.90. The Morgan fingerprint density at radius 1 is 1.10 bits per heavy atom. The lowest BCUT2D eigenvalue weighted by molar-refractivity contribution is 0.0924. The summed E-state index contributed by atoms with van der Waals surface area (Å²) in [4.78, 5) is 12.5. The number of Topliss-reactive ketones (excluding diaryl/α,β-unsaturated/α-hetero) is 1. The Kier molecular flexibility index (Phi) is 3.41. The van der Waals surface area contributed by atoms with Crippen LogP contribution < -0.4 is 4.74 Å². The minimum Gasteiger partial charge on any atom is -0.493 e. The predicted molar refractivity (Wildman–Crippen MR) is 69.9 cm³/mol. The van der Waals surface area contributed by atoms with Gasteiger partial charge in [-0.2, -0.15) is 0 Å². The van der Waals surface area contributed by atoms with E-state index in [0.717, 1.165) is 0 Å². The van der Waals surface area contributed by atoms with Crippen LogP contribution in [0.2, 0.25) is 0 Å². The monoisotopic (exact) mass is 292 g/mol. The van der Waals surface area contributed by atoms with Crippen LogP contribution in [0.1, 0.15) is 28.3 Å². The van der Waals surface area contributed by atoms with Crippen LogP contribution in [0, 0.1) is 17.5 Å². The Bertz CT molecular complexity index is 689. The van der Waals surface area contributed by atoms with E-state index in [1.165, 1.54) is 0 Å². The van der Waals surface area contributed by atoms with Crippen molar-refractivity contribution in [1.82, 2.24) is 0 Å². The molecule has 0 saturated carbocycles. The van der Waals surface area contributed by atoms with Crippen molar-refractivity contribution in [2.24, 2.45) is 0 Å². The minimum absolute atomic E-state index is 0.290. The van der Waals surface area contributed by atoms with Crippen molar-refractivity contribution in [3.63, 3.8) is 0 Å². The molecule has 1 unspecified atom stereocenters. The molecule has 0 amide bonds. The summed E-state index contributed by atoms with van der Waals surface area (Å²) in [5, 5.41) is 0. The summed E-state index contributed by atoms with van der Waals surface area (Å²) in [7, 11) is 0. The van der Waals surface area contributed by atoms with Crippen LogP contribution in [0.3, 0.4) is 0 Å². The highest BCUT2D eigenvalue weighted by atomic mass is 19.1. The van der Waals surface area contributed by atoms with Gasteiger partial charge in [0.2, 0.25) is 0 Å². The van der Waals surface area contributed by atoms with Crippen LogP contribution in [-0.4, -0.2) is 12.4 Å². The first-order valence-electron chi connectivity index (χ1n) is 6.48.